The average Bonchev–Trinajstić information content (AvgIpc) is 2.80. The topological polar surface area (TPSA) is 129 Å². The first kappa shape index (κ1) is 23.9. The number of rotatable bonds is 6. The Morgan fingerprint density at radius 2 is 1.88 bits per heavy atom. The van der Waals surface area contributed by atoms with Crippen LogP contribution in [0.4, 0.5) is 0 Å². The molecule has 0 spiro atoms. The summed E-state index contributed by atoms with van der Waals surface area (Å²) in [6.07, 6.45) is -4.00. The van der Waals surface area contributed by atoms with Gasteiger partial charge in [-0.1, -0.05) is 53.5 Å². The zero-order valence-corrected chi connectivity index (χ0v) is 18.7. The quantitative estimate of drug-likeness (QED) is 0.555. The van der Waals surface area contributed by atoms with E-state index in [-0.39, 0.29) is 17.2 Å². The van der Waals surface area contributed by atoms with Gasteiger partial charge in [0, 0.05) is 11.1 Å². The van der Waals surface area contributed by atoms with Gasteiger partial charge < -0.3 is 35.1 Å². The summed E-state index contributed by atoms with van der Waals surface area (Å²) in [5.74, 6) is -1.68. The van der Waals surface area contributed by atoms with Crippen molar-refractivity contribution in [2.24, 2.45) is 5.73 Å². The van der Waals surface area contributed by atoms with Crippen molar-refractivity contribution in [3.63, 3.8) is 0 Å². The summed E-state index contributed by atoms with van der Waals surface area (Å²) in [7, 11) is 0. The molecule has 33 heavy (non-hydrogen) atoms. The molecule has 4 N–H and O–H groups in total. The summed E-state index contributed by atoms with van der Waals surface area (Å²) in [5.41, 5.74) is 7.20. The smallest absolute Gasteiger partial charge is 0.329 e. The van der Waals surface area contributed by atoms with Gasteiger partial charge in [0.1, 0.15) is 31.1 Å². The van der Waals surface area contributed by atoms with Gasteiger partial charge >= 0.3 is 5.97 Å². The van der Waals surface area contributed by atoms with Gasteiger partial charge in [0.25, 0.3) is 5.91 Å². The summed E-state index contributed by atoms with van der Waals surface area (Å²) in [5, 5.41) is 12.5. The minimum atomic E-state index is -1.17. The van der Waals surface area contributed by atoms with Crippen molar-refractivity contribution in [2.45, 2.75) is 36.9 Å². The fourth-order valence-corrected chi connectivity index (χ4v) is 4.12. The lowest BCUT2D eigenvalue weighted by molar-refractivity contribution is -0.318. The highest BCUT2D eigenvalue weighted by molar-refractivity contribution is 6.42. The lowest BCUT2D eigenvalue weighted by atomic mass is 9.94. The molecule has 2 heterocycles. The number of carbonyl (C=O) groups excluding carboxylic acids is 1. The van der Waals surface area contributed by atoms with Crippen molar-refractivity contribution in [1.82, 2.24) is 5.32 Å². The molecule has 0 radical (unpaired) electrons. The second-order valence-electron chi connectivity index (χ2n) is 7.61. The molecule has 4 rings (SSSR count). The number of nitrogens with two attached hydrogens (primary N) is 1. The lowest BCUT2D eigenvalue weighted by Crippen LogP contribution is -2.69. The number of fused-ring (bicyclic) bond motifs is 1. The van der Waals surface area contributed by atoms with Gasteiger partial charge in [-0.3, -0.25) is 4.79 Å². The SMILES string of the molecule is N[C@@H]1OC2COC(c3ccccc3)O[C@@H]2C(OCC(=O)O)C1NC(=O)c1ccc(Cl)c(Cl)c1. The van der Waals surface area contributed by atoms with Crippen LogP contribution in [-0.2, 0) is 23.7 Å². The van der Waals surface area contributed by atoms with Crippen LogP contribution in [0.3, 0.4) is 0 Å². The standard InChI is InChI=1S/C22H22Cl2N2O7/c23-13-7-6-12(8-14(13)24)21(29)26-17-19(30-10-16(27)28)18-15(32-20(17)25)9-31-22(33-18)11-4-2-1-3-5-11/h1-8,15,17-20,22H,9-10,25H2,(H,26,29)(H,27,28)/t15?,17?,18-,19?,20+,22?/m0/s1. The zero-order chi connectivity index (χ0) is 23.5. The number of hydrogen-bond donors (Lipinski definition) is 3. The predicted octanol–water partition coefficient (Wildman–Crippen LogP) is 2.36. The number of hydrogen-bond acceptors (Lipinski definition) is 7. The number of nitrogens with one attached hydrogen (secondary N) is 1. The highest BCUT2D eigenvalue weighted by atomic mass is 35.5. The molecule has 4 unspecified atom stereocenters. The average molecular weight is 497 g/mol. The number of carbonyl (C=O) groups is 2. The fourth-order valence-electron chi connectivity index (χ4n) is 3.82. The van der Waals surface area contributed by atoms with Crippen molar-refractivity contribution in [2.75, 3.05) is 13.2 Å². The van der Waals surface area contributed by atoms with Crippen LogP contribution in [0.2, 0.25) is 10.0 Å². The van der Waals surface area contributed by atoms with Gasteiger partial charge in [-0.05, 0) is 18.2 Å². The number of benzene rings is 2. The highest BCUT2D eigenvalue weighted by Gasteiger charge is 2.50. The van der Waals surface area contributed by atoms with Crippen molar-refractivity contribution in [3.05, 3.63) is 69.7 Å². The van der Waals surface area contributed by atoms with E-state index in [2.05, 4.69) is 5.32 Å². The summed E-state index contributed by atoms with van der Waals surface area (Å²) in [4.78, 5) is 24.1. The van der Waals surface area contributed by atoms with Gasteiger partial charge in [0.2, 0.25) is 0 Å². The second kappa shape index (κ2) is 10.4. The van der Waals surface area contributed by atoms with Gasteiger partial charge in [-0.15, -0.1) is 0 Å². The van der Waals surface area contributed by atoms with E-state index in [1.54, 1.807) is 0 Å². The largest absolute Gasteiger partial charge is 0.480 e. The van der Waals surface area contributed by atoms with E-state index >= 15 is 0 Å². The number of amides is 1. The van der Waals surface area contributed by atoms with Gasteiger partial charge in [-0.2, -0.15) is 0 Å². The molecule has 0 saturated carbocycles. The summed E-state index contributed by atoms with van der Waals surface area (Å²) in [6.45, 7) is -0.460. The van der Waals surface area contributed by atoms with Crippen molar-refractivity contribution in [1.29, 1.82) is 0 Å². The number of aliphatic carboxylic acids is 1. The van der Waals surface area contributed by atoms with Crippen LogP contribution in [0.5, 0.6) is 0 Å². The second-order valence-corrected chi connectivity index (χ2v) is 8.43. The molecule has 0 aromatic heterocycles. The van der Waals surface area contributed by atoms with E-state index in [0.29, 0.717) is 5.02 Å². The maximum absolute atomic E-state index is 12.9. The van der Waals surface area contributed by atoms with Gasteiger partial charge in [0.15, 0.2) is 6.29 Å². The van der Waals surface area contributed by atoms with Crippen LogP contribution in [0.1, 0.15) is 22.2 Å². The third-order valence-electron chi connectivity index (χ3n) is 5.37. The fraction of sp³-hybridized carbons (Fsp3) is 0.364. The molecule has 2 aromatic carbocycles. The molecule has 6 atom stereocenters. The van der Waals surface area contributed by atoms with Gasteiger partial charge in [0.05, 0.1) is 22.7 Å². The molecule has 9 nitrogen and oxygen atoms in total. The van der Waals surface area contributed by atoms with Crippen LogP contribution in [0.15, 0.2) is 48.5 Å². The first-order chi connectivity index (χ1) is 15.8. The molecule has 2 aliphatic heterocycles. The molecule has 1 amide bonds. The summed E-state index contributed by atoms with van der Waals surface area (Å²) in [6, 6.07) is 12.8. The van der Waals surface area contributed by atoms with E-state index in [1.807, 2.05) is 30.3 Å². The Bertz CT molecular complexity index is 1010. The van der Waals surface area contributed by atoms with Crippen molar-refractivity contribution >= 4 is 35.1 Å². The maximum Gasteiger partial charge on any atom is 0.329 e. The molecule has 176 valence electrons. The van der Waals surface area contributed by atoms with Crippen LogP contribution in [-0.4, -0.2) is 60.8 Å². The van der Waals surface area contributed by atoms with E-state index in [1.165, 1.54) is 18.2 Å². The number of halogens is 2. The number of ether oxygens (including phenoxy) is 4. The van der Waals surface area contributed by atoms with E-state index in [9.17, 15) is 14.7 Å². The Balaban J connectivity index is 1.57. The van der Waals surface area contributed by atoms with E-state index in [4.69, 9.17) is 47.9 Å². The van der Waals surface area contributed by atoms with Crippen LogP contribution in [0, 0.1) is 0 Å². The molecule has 2 fully saturated rings. The van der Waals surface area contributed by atoms with E-state index < -0.39 is 55.4 Å². The van der Waals surface area contributed by atoms with Crippen LogP contribution in [0.25, 0.3) is 0 Å². The Labute approximate surface area is 199 Å². The van der Waals surface area contributed by atoms with Crippen molar-refractivity contribution < 1.29 is 33.6 Å². The summed E-state index contributed by atoms with van der Waals surface area (Å²) < 4.78 is 23.4. The monoisotopic (exact) mass is 496 g/mol. The molecule has 2 saturated heterocycles. The zero-order valence-electron chi connectivity index (χ0n) is 17.2. The number of carboxylic acids is 1. The normalized spacial score (nSPS) is 29.2. The Morgan fingerprint density at radius 3 is 2.58 bits per heavy atom. The molecule has 0 bridgehead atoms. The minimum Gasteiger partial charge on any atom is -0.480 e. The minimum absolute atomic E-state index is 0.151. The van der Waals surface area contributed by atoms with Crippen LogP contribution < -0.4 is 11.1 Å². The Morgan fingerprint density at radius 1 is 1.12 bits per heavy atom. The number of carboxylic acid groups (broad SMARTS) is 1. The molecule has 2 aromatic rings. The molecular formula is C22H22Cl2N2O7. The highest BCUT2D eigenvalue weighted by Crippen LogP contribution is 2.34. The molecule has 11 heteroatoms. The Kier molecular flexibility index (Phi) is 7.50. The first-order valence-corrected chi connectivity index (χ1v) is 10.9. The summed E-state index contributed by atoms with van der Waals surface area (Å²) >= 11 is 12.0. The third-order valence-corrected chi connectivity index (χ3v) is 6.11. The third kappa shape index (κ3) is 5.47. The van der Waals surface area contributed by atoms with Gasteiger partial charge in [-0.25, -0.2) is 4.79 Å². The Hall–Kier alpha value is -2.24. The molecule has 0 aliphatic carbocycles. The molecular weight excluding hydrogens is 475 g/mol. The van der Waals surface area contributed by atoms with Crippen LogP contribution >= 0.6 is 23.2 Å². The first-order valence-electron chi connectivity index (χ1n) is 10.2. The predicted molar refractivity (Wildman–Crippen MR) is 118 cm³/mol. The van der Waals surface area contributed by atoms with Crippen molar-refractivity contribution in [3.8, 4) is 0 Å². The maximum atomic E-state index is 12.9. The van der Waals surface area contributed by atoms with E-state index in [0.717, 1.165) is 5.56 Å². The molecule has 2 aliphatic rings. The lowest BCUT2D eigenvalue weighted by Gasteiger charge is -2.48.